The van der Waals surface area contributed by atoms with E-state index in [0.717, 1.165) is 23.6 Å². The lowest BCUT2D eigenvalue weighted by atomic mass is 10.1. The van der Waals surface area contributed by atoms with Gasteiger partial charge in [0.05, 0.1) is 10.5 Å². The van der Waals surface area contributed by atoms with Gasteiger partial charge in [0.25, 0.3) is 0 Å². The lowest BCUT2D eigenvalue weighted by Gasteiger charge is -2.06. The maximum Gasteiger partial charge on any atom is 0.0649 e. The van der Waals surface area contributed by atoms with Gasteiger partial charge in [-0.1, -0.05) is 29.8 Å². The number of hydrogen-bond donors (Lipinski definition) is 1. The first-order valence-electron chi connectivity index (χ1n) is 5.39. The van der Waals surface area contributed by atoms with Crippen molar-refractivity contribution in [1.82, 2.24) is 9.88 Å². The van der Waals surface area contributed by atoms with Crippen LogP contribution in [-0.4, -0.2) is 30.0 Å². The first-order chi connectivity index (χ1) is 7.75. The predicted molar refractivity (Wildman–Crippen MR) is 68.8 cm³/mol. The van der Waals surface area contributed by atoms with Crippen molar-refractivity contribution in [3.8, 4) is 0 Å². The Hall–Kier alpha value is -1.25. The molecule has 0 atom stereocenters. The summed E-state index contributed by atoms with van der Waals surface area (Å²) in [6.45, 7) is 2.04. The van der Waals surface area contributed by atoms with Crippen LogP contribution < -0.4 is 0 Å². The minimum Gasteiger partial charge on any atom is -0.359 e. The van der Waals surface area contributed by atoms with Crippen LogP contribution in [0.3, 0.4) is 0 Å². The first kappa shape index (κ1) is 9.94. The Kier molecular flexibility index (Phi) is 2.27. The number of nitrogens with zero attached hydrogens (tertiary/aromatic N) is 1. The van der Waals surface area contributed by atoms with E-state index < -0.39 is 0 Å². The Morgan fingerprint density at radius 1 is 1.38 bits per heavy atom. The van der Waals surface area contributed by atoms with E-state index >= 15 is 0 Å². The fraction of sp³-hybridized carbons (Fsp3) is 0.231. The summed E-state index contributed by atoms with van der Waals surface area (Å²) in [6.07, 6.45) is 4.34. The van der Waals surface area contributed by atoms with E-state index in [9.17, 15) is 0 Å². The predicted octanol–water partition coefficient (Wildman–Crippen LogP) is 3.15. The van der Waals surface area contributed by atoms with E-state index in [1.54, 1.807) is 0 Å². The molecule has 0 aliphatic carbocycles. The Balaban J connectivity index is 2.15. The minimum absolute atomic E-state index is 0.788. The molecule has 0 radical (unpaired) electrons. The largest absolute Gasteiger partial charge is 0.359 e. The topological polar surface area (TPSA) is 19.0 Å². The maximum atomic E-state index is 6.14. The molecule has 3 rings (SSSR count). The van der Waals surface area contributed by atoms with Crippen LogP contribution in [0.15, 0.2) is 30.5 Å². The highest BCUT2D eigenvalue weighted by atomic mass is 35.5. The second kappa shape index (κ2) is 3.65. The van der Waals surface area contributed by atoms with Gasteiger partial charge in [0.2, 0.25) is 0 Å². The summed E-state index contributed by atoms with van der Waals surface area (Å²) in [4.78, 5) is 5.55. The van der Waals surface area contributed by atoms with Crippen LogP contribution in [0.25, 0.3) is 16.5 Å². The van der Waals surface area contributed by atoms with Gasteiger partial charge in [0.15, 0.2) is 0 Å². The summed E-state index contributed by atoms with van der Waals surface area (Å²) in [7, 11) is 2.13. The summed E-state index contributed by atoms with van der Waals surface area (Å²) in [6, 6.07) is 6.03. The van der Waals surface area contributed by atoms with E-state index in [2.05, 4.69) is 35.3 Å². The lowest BCUT2D eigenvalue weighted by molar-refractivity contribution is 0.439. The quantitative estimate of drug-likeness (QED) is 0.800. The second-order valence-corrected chi connectivity index (χ2v) is 4.70. The number of fused-ring (bicyclic) bond motifs is 1. The maximum absolute atomic E-state index is 6.14. The number of likely N-dealkylation sites (N-methyl/N-ethyl adjacent to an activating group) is 1. The molecule has 0 unspecified atom stereocenters. The van der Waals surface area contributed by atoms with Crippen molar-refractivity contribution in [1.29, 1.82) is 0 Å². The number of H-pyrrole nitrogens is 1. The standard InChI is InChI=1S/C13H13ClN2/c1-16-6-5-9(8-16)11-7-15-13-10(11)3-2-4-12(13)14/h2-5,7,15H,6,8H2,1H3. The van der Waals surface area contributed by atoms with Crippen LogP contribution >= 0.6 is 11.6 Å². The number of nitrogens with one attached hydrogen (secondary N) is 1. The van der Waals surface area contributed by atoms with E-state index in [1.807, 2.05) is 12.1 Å². The molecule has 2 nitrogen and oxygen atoms in total. The van der Waals surface area contributed by atoms with E-state index in [0.29, 0.717) is 0 Å². The molecule has 1 aromatic heterocycles. The van der Waals surface area contributed by atoms with Gasteiger partial charge in [0.1, 0.15) is 0 Å². The minimum atomic E-state index is 0.788. The molecule has 0 spiro atoms. The molecule has 3 heteroatoms. The van der Waals surface area contributed by atoms with Gasteiger partial charge in [-0.15, -0.1) is 0 Å². The zero-order valence-electron chi connectivity index (χ0n) is 9.13. The third-order valence-electron chi connectivity index (χ3n) is 3.10. The highest BCUT2D eigenvalue weighted by Crippen LogP contribution is 2.31. The SMILES string of the molecule is CN1CC=C(c2c[nH]c3c(Cl)cccc23)C1. The Morgan fingerprint density at radius 2 is 2.25 bits per heavy atom. The van der Waals surface area contributed by atoms with Crippen molar-refractivity contribution < 1.29 is 0 Å². The Labute approximate surface area is 99.5 Å². The van der Waals surface area contributed by atoms with Gasteiger partial charge < -0.3 is 4.98 Å². The van der Waals surface area contributed by atoms with Crippen molar-refractivity contribution in [3.63, 3.8) is 0 Å². The molecule has 0 bridgehead atoms. The van der Waals surface area contributed by atoms with Gasteiger partial charge in [-0.05, 0) is 18.7 Å². The molecular weight excluding hydrogens is 220 g/mol. The molecule has 1 aromatic carbocycles. The second-order valence-electron chi connectivity index (χ2n) is 4.29. The van der Waals surface area contributed by atoms with Gasteiger partial charge >= 0.3 is 0 Å². The van der Waals surface area contributed by atoms with Crippen LogP contribution in [0, 0.1) is 0 Å². The van der Waals surface area contributed by atoms with Crippen molar-refractivity contribution in [2.75, 3.05) is 20.1 Å². The van der Waals surface area contributed by atoms with Crippen LogP contribution in [0.1, 0.15) is 5.56 Å². The summed E-state index contributed by atoms with van der Waals surface area (Å²) >= 11 is 6.14. The number of benzene rings is 1. The van der Waals surface area contributed by atoms with Gasteiger partial charge in [-0.25, -0.2) is 0 Å². The number of rotatable bonds is 1. The number of halogens is 1. The fourth-order valence-corrected chi connectivity index (χ4v) is 2.49. The molecule has 2 aromatic rings. The molecule has 0 amide bonds. The molecule has 0 saturated carbocycles. The molecule has 0 fully saturated rings. The third kappa shape index (κ3) is 1.46. The Bertz CT molecular complexity index is 568. The zero-order chi connectivity index (χ0) is 11.1. The van der Waals surface area contributed by atoms with E-state index in [4.69, 9.17) is 11.6 Å². The lowest BCUT2D eigenvalue weighted by Crippen LogP contribution is -2.13. The molecule has 2 heterocycles. The smallest absolute Gasteiger partial charge is 0.0649 e. The first-order valence-corrected chi connectivity index (χ1v) is 5.77. The van der Waals surface area contributed by atoms with E-state index in [-0.39, 0.29) is 0 Å². The molecule has 1 aliphatic heterocycles. The molecule has 82 valence electrons. The van der Waals surface area contributed by atoms with Crippen molar-refractivity contribution in [2.45, 2.75) is 0 Å². The van der Waals surface area contributed by atoms with Crippen LogP contribution in [0.5, 0.6) is 0 Å². The highest BCUT2D eigenvalue weighted by Gasteiger charge is 2.15. The van der Waals surface area contributed by atoms with E-state index in [1.165, 1.54) is 16.5 Å². The van der Waals surface area contributed by atoms with Gasteiger partial charge in [-0.2, -0.15) is 0 Å². The average molecular weight is 233 g/mol. The number of para-hydroxylation sites is 1. The van der Waals surface area contributed by atoms with Crippen molar-refractivity contribution >= 4 is 28.1 Å². The summed E-state index contributed by atoms with van der Waals surface area (Å²) in [5, 5.41) is 2.00. The number of aromatic amines is 1. The molecule has 0 saturated heterocycles. The van der Waals surface area contributed by atoms with Gasteiger partial charge in [0, 0.05) is 30.2 Å². The normalized spacial score (nSPS) is 17.0. The summed E-state index contributed by atoms with van der Waals surface area (Å²) < 4.78 is 0. The average Bonchev–Trinajstić information content (AvgIpc) is 2.84. The van der Waals surface area contributed by atoms with Crippen LogP contribution in [0.2, 0.25) is 5.02 Å². The number of aromatic nitrogens is 1. The van der Waals surface area contributed by atoms with Crippen LogP contribution in [0.4, 0.5) is 0 Å². The summed E-state index contributed by atoms with van der Waals surface area (Å²) in [5.41, 5.74) is 3.70. The van der Waals surface area contributed by atoms with Gasteiger partial charge in [-0.3, -0.25) is 4.90 Å². The van der Waals surface area contributed by atoms with Crippen LogP contribution in [-0.2, 0) is 0 Å². The molecule has 1 aliphatic rings. The number of hydrogen-bond acceptors (Lipinski definition) is 1. The molecular formula is C13H13ClN2. The molecule has 1 N–H and O–H groups in total. The highest BCUT2D eigenvalue weighted by molar-refractivity contribution is 6.35. The Morgan fingerprint density at radius 3 is 3.00 bits per heavy atom. The summed E-state index contributed by atoms with van der Waals surface area (Å²) in [5.74, 6) is 0. The zero-order valence-corrected chi connectivity index (χ0v) is 9.88. The molecule has 16 heavy (non-hydrogen) atoms. The monoisotopic (exact) mass is 232 g/mol. The third-order valence-corrected chi connectivity index (χ3v) is 3.42. The fourth-order valence-electron chi connectivity index (χ4n) is 2.26. The van der Waals surface area contributed by atoms with Crippen molar-refractivity contribution in [3.05, 3.63) is 41.1 Å². The van der Waals surface area contributed by atoms with Crippen molar-refractivity contribution in [2.24, 2.45) is 0 Å².